The number of urea groups is 1. The number of nitrogens with zero attached hydrogens (tertiary/aromatic N) is 1. The minimum atomic E-state index is -0.187. The Bertz CT molecular complexity index is 438. The fraction of sp³-hybridized carbons (Fsp3) is 0.692. The number of aryl methyl sites for hydroxylation is 1. The zero-order valence-electron chi connectivity index (χ0n) is 11.6. The lowest BCUT2D eigenvalue weighted by molar-refractivity contribution is 0.0134. The highest BCUT2D eigenvalue weighted by molar-refractivity contribution is 7.09. The van der Waals surface area contributed by atoms with Gasteiger partial charge in [0.2, 0.25) is 0 Å². The van der Waals surface area contributed by atoms with Gasteiger partial charge in [-0.05, 0) is 19.8 Å². The molecule has 0 spiro atoms. The van der Waals surface area contributed by atoms with Crippen molar-refractivity contribution in [1.29, 1.82) is 0 Å². The minimum absolute atomic E-state index is 0.0130. The van der Waals surface area contributed by atoms with Crippen LogP contribution in [-0.2, 0) is 11.2 Å². The third kappa shape index (κ3) is 4.73. The van der Waals surface area contributed by atoms with Crippen LogP contribution in [0.1, 0.15) is 23.5 Å². The maximum absolute atomic E-state index is 11.6. The summed E-state index contributed by atoms with van der Waals surface area (Å²) in [7, 11) is 0. The van der Waals surface area contributed by atoms with Gasteiger partial charge in [-0.3, -0.25) is 0 Å². The smallest absolute Gasteiger partial charge is 0.314 e. The van der Waals surface area contributed by atoms with Crippen molar-refractivity contribution in [3.63, 3.8) is 0 Å². The first-order valence-electron chi connectivity index (χ1n) is 6.86. The molecule has 0 saturated carbocycles. The summed E-state index contributed by atoms with van der Waals surface area (Å²) in [6.45, 7) is 3.07. The second-order valence-electron chi connectivity index (χ2n) is 4.88. The Labute approximate surface area is 122 Å². The summed E-state index contributed by atoms with van der Waals surface area (Å²) >= 11 is 1.62. The molecule has 112 valence electrons. The van der Waals surface area contributed by atoms with Gasteiger partial charge in [-0.25, -0.2) is 9.78 Å². The van der Waals surface area contributed by atoms with Gasteiger partial charge in [0.15, 0.2) is 0 Å². The molecule has 1 aliphatic rings. The van der Waals surface area contributed by atoms with Gasteiger partial charge in [0.25, 0.3) is 0 Å². The van der Waals surface area contributed by atoms with E-state index in [1.165, 1.54) is 0 Å². The summed E-state index contributed by atoms with van der Waals surface area (Å²) in [6.07, 6.45) is 2.42. The van der Waals surface area contributed by atoms with E-state index in [4.69, 9.17) is 9.84 Å². The van der Waals surface area contributed by atoms with Crippen molar-refractivity contribution in [2.24, 2.45) is 0 Å². The number of nitrogens with one attached hydrogen (secondary N) is 2. The predicted octanol–water partition coefficient (Wildman–Crippen LogP) is 0.833. The van der Waals surface area contributed by atoms with E-state index in [-0.39, 0.29) is 24.8 Å². The topological polar surface area (TPSA) is 83.5 Å². The van der Waals surface area contributed by atoms with Gasteiger partial charge >= 0.3 is 6.03 Å². The first-order valence-corrected chi connectivity index (χ1v) is 7.74. The Morgan fingerprint density at radius 1 is 1.50 bits per heavy atom. The van der Waals surface area contributed by atoms with Gasteiger partial charge < -0.3 is 20.5 Å². The maximum atomic E-state index is 11.6. The van der Waals surface area contributed by atoms with Crippen LogP contribution in [0.4, 0.5) is 4.79 Å². The number of ether oxygens (including phenoxy) is 1. The van der Waals surface area contributed by atoms with Gasteiger partial charge in [-0.2, -0.15) is 0 Å². The number of thiazole rings is 1. The zero-order chi connectivity index (χ0) is 14.4. The molecular weight excluding hydrogens is 278 g/mol. The summed E-state index contributed by atoms with van der Waals surface area (Å²) < 4.78 is 5.54. The number of amides is 2. The average molecular weight is 299 g/mol. The molecule has 1 aromatic heterocycles. The molecule has 20 heavy (non-hydrogen) atoms. The van der Waals surface area contributed by atoms with Crippen LogP contribution in [0.5, 0.6) is 0 Å². The van der Waals surface area contributed by atoms with E-state index in [0.29, 0.717) is 13.1 Å². The van der Waals surface area contributed by atoms with Gasteiger partial charge in [-0.1, -0.05) is 0 Å². The van der Waals surface area contributed by atoms with Crippen molar-refractivity contribution in [3.05, 3.63) is 16.1 Å². The van der Waals surface area contributed by atoms with Crippen molar-refractivity contribution in [2.45, 2.75) is 38.4 Å². The average Bonchev–Trinajstić information content (AvgIpc) is 3.05. The molecule has 0 aromatic carbocycles. The van der Waals surface area contributed by atoms with Crippen LogP contribution < -0.4 is 10.6 Å². The Kier molecular flexibility index (Phi) is 5.75. The Balaban J connectivity index is 1.56. The quantitative estimate of drug-likeness (QED) is 0.726. The summed E-state index contributed by atoms with van der Waals surface area (Å²) in [5, 5.41) is 17.6. The molecule has 0 unspecified atom stereocenters. The van der Waals surface area contributed by atoms with E-state index >= 15 is 0 Å². The lowest BCUT2D eigenvalue weighted by atomic mass is 10.2. The molecule has 2 amide bonds. The van der Waals surface area contributed by atoms with Crippen LogP contribution in [-0.4, -0.2) is 48.0 Å². The Morgan fingerprint density at radius 2 is 2.30 bits per heavy atom. The molecule has 0 radical (unpaired) electrons. The highest BCUT2D eigenvalue weighted by Gasteiger charge is 2.24. The fourth-order valence-corrected chi connectivity index (χ4v) is 2.81. The molecule has 2 atom stereocenters. The lowest BCUT2D eigenvalue weighted by Gasteiger charge is -2.13. The lowest BCUT2D eigenvalue weighted by Crippen LogP contribution is -2.40. The van der Waals surface area contributed by atoms with Crippen LogP contribution in [0.2, 0.25) is 0 Å². The van der Waals surface area contributed by atoms with E-state index in [0.717, 1.165) is 30.0 Å². The molecule has 1 saturated heterocycles. The van der Waals surface area contributed by atoms with Crippen molar-refractivity contribution in [2.75, 3.05) is 19.7 Å². The SMILES string of the molecule is Cc1nc(CCNC(=O)NC[C@H]2CC[C@@H](CO)O2)cs1. The highest BCUT2D eigenvalue weighted by Crippen LogP contribution is 2.18. The zero-order valence-corrected chi connectivity index (χ0v) is 12.4. The third-order valence-corrected chi connectivity index (χ3v) is 4.05. The maximum Gasteiger partial charge on any atom is 0.314 e. The van der Waals surface area contributed by atoms with Crippen LogP contribution in [0, 0.1) is 6.92 Å². The van der Waals surface area contributed by atoms with E-state index in [1.54, 1.807) is 11.3 Å². The first kappa shape index (κ1) is 15.2. The van der Waals surface area contributed by atoms with Crippen molar-refractivity contribution in [1.82, 2.24) is 15.6 Å². The van der Waals surface area contributed by atoms with Crippen LogP contribution in [0.3, 0.4) is 0 Å². The molecule has 1 aromatic rings. The van der Waals surface area contributed by atoms with Crippen molar-refractivity contribution in [3.8, 4) is 0 Å². The second kappa shape index (κ2) is 7.56. The monoisotopic (exact) mass is 299 g/mol. The normalized spacial score (nSPS) is 21.9. The molecule has 2 rings (SSSR count). The number of aromatic nitrogens is 1. The summed E-state index contributed by atoms with van der Waals surface area (Å²) in [5.41, 5.74) is 1.01. The molecular formula is C13H21N3O3S. The number of hydrogen-bond donors (Lipinski definition) is 3. The van der Waals surface area contributed by atoms with Gasteiger partial charge in [0.05, 0.1) is 29.5 Å². The largest absolute Gasteiger partial charge is 0.394 e. The Hall–Kier alpha value is -1.18. The Morgan fingerprint density at radius 3 is 2.95 bits per heavy atom. The minimum Gasteiger partial charge on any atom is -0.394 e. The molecule has 2 heterocycles. The number of hydrogen-bond acceptors (Lipinski definition) is 5. The van der Waals surface area contributed by atoms with Crippen molar-refractivity contribution < 1.29 is 14.6 Å². The van der Waals surface area contributed by atoms with Gasteiger partial charge in [0, 0.05) is 24.9 Å². The molecule has 6 nitrogen and oxygen atoms in total. The fourth-order valence-electron chi connectivity index (χ4n) is 2.16. The van der Waals surface area contributed by atoms with Crippen LogP contribution in [0.25, 0.3) is 0 Å². The standard InChI is InChI=1S/C13H21N3O3S/c1-9-16-10(8-20-9)4-5-14-13(18)15-6-11-2-3-12(7-17)19-11/h8,11-12,17H,2-7H2,1H3,(H2,14,15,18)/t11-,12+/m1/s1. The number of aliphatic hydroxyl groups excluding tert-OH is 1. The number of aliphatic hydroxyl groups is 1. The number of carbonyl (C=O) groups excluding carboxylic acids is 1. The van der Waals surface area contributed by atoms with E-state index in [9.17, 15) is 4.79 Å². The predicted molar refractivity (Wildman–Crippen MR) is 76.9 cm³/mol. The molecule has 0 aliphatic carbocycles. The molecule has 1 aliphatic heterocycles. The number of carbonyl (C=O) groups is 1. The van der Waals surface area contributed by atoms with Crippen LogP contribution in [0.15, 0.2) is 5.38 Å². The van der Waals surface area contributed by atoms with E-state index in [2.05, 4.69) is 15.6 Å². The van der Waals surface area contributed by atoms with Gasteiger partial charge in [0.1, 0.15) is 0 Å². The van der Waals surface area contributed by atoms with Gasteiger partial charge in [-0.15, -0.1) is 11.3 Å². The summed E-state index contributed by atoms with van der Waals surface area (Å²) in [5.74, 6) is 0. The molecule has 3 N–H and O–H groups in total. The van der Waals surface area contributed by atoms with Crippen molar-refractivity contribution >= 4 is 17.4 Å². The van der Waals surface area contributed by atoms with E-state index < -0.39 is 0 Å². The summed E-state index contributed by atoms with van der Waals surface area (Å²) in [4.78, 5) is 15.9. The molecule has 1 fully saturated rings. The third-order valence-electron chi connectivity index (χ3n) is 3.22. The highest BCUT2D eigenvalue weighted by atomic mass is 32.1. The molecule has 7 heteroatoms. The number of rotatable bonds is 6. The summed E-state index contributed by atoms with van der Waals surface area (Å²) in [6, 6.07) is -0.187. The van der Waals surface area contributed by atoms with E-state index in [1.807, 2.05) is 12.3 Å². The van der Waals surface area contributed by atoms with Crippen LogP contribution >= 0.6 is 11.3 Å². The second-order valence-corrected chi connectivity index (χ2v) is 5.95. The first-order chi connectivity index (χ1) is 9.67. The molecule has 0 bridgehead atoms.